The Bertz CT molecular complexity index is 1850. The van der Waals surface area contributed by atoms with Crippen LogP contribution in [0, 0.1) is 17.0 Å². The maximum absolute atomic E-state index is 13.4. The van der Waals surface area contributed by atoms with Gasteiger partial charge in [0.2, 0.25) is 0 Å². The zero-order valence-electron chi connectivity index (χ0n) is 21.5. The molecule has 0 fully saturated rings. The van der Waals surface area contributed by atoms with Crippen LogP contribution >= 0.6 is 0 Å². The molecule has 8 nitrogen and oxygen atoms in total. The number of hydrogen-bond acceptors (Lipinski definition) is 6. The van der Waals surface area contributed by atoms with Gasteiger partial charge < -0.3 is 4.74 Å². The zero-order valence-corrected chi connectivity index (χ0v) is 21.5. The number of rotatable bonds is 7. The Balaban J connectivity index is 1.54. The first-order valence-electron chi connectivity index (χ1n) is 12.3. The lowest BCUT2D eigenvalue weighted by atomic mass is 10.1. The van der Waals surface area contributed by atoms with Crippen LogP contribution < -0.4 is 10.3 Å². The predicted octanol–water partition coefficient (Wildman–Crippen LogP) is 6.76. The first-order valence-corrected chi connectivity index (χ1v) is 12.3. The molecular formula is C30H21F3N4O4. The highest BCUT2D eigenvalue weighted by molar-refractivity contribution is 5.83. The molecule has 0 radical (unpaired) electrons. The van der Waals surface area contributed by atoms with Crippen molar-refractivity contribution in [2.24, 2.45) is 5.10 Å². The van der Waals surface area contributed by atoms with E-state index in [9.17, 15) is 28.1 Å². The van der Waals surface area contributed by atoms with E-state index in [4.69, 9.17) is 4.74 Å². The minimum atomic E-state index is -4.61. The van der Waals surface area contributed by atoms with Crippen molar-refractivity contribution in [3.05, 3.63) is 134 Å². The molecule has 5 rings (SSSR count). The van der Waals surface area contributed by atoms with E-state index in [1.165, 1.54) is 42.6 Å². The molecule has 0 saturated heterocycles. The monoisotopic (exact) mass is 558 g/mol. The molecule has 0 saturated carbocycles. The van der Waals surface area contributed by atoms with Crippen molar-refractivity contribution in [3.8, 4) is 17.1 Å². The lowest BCUT2D eigenvalue weighted by Gasteiger charge is -2.12. The van der Waals surface area contributed by atoms with E-state index in [2.05, 4.69) is 10.1 Å². The molecule has 0 atom stereocenters. The van der Waals surface area contributed by atoms with Crippen LogP contribution in [0.5, 0.6) is 5.75 Å². The van der Waals surface area contributed by atoms with E-state index in [0.29, 0.717) is 0 Å². The first kappa shape index (κ1) is 27.3. The summed E-state index contributed by atoms with van der Waals surface area (Å²) in [4.78, 5) is 29.0. The van der Waals surface area contributed by atoms with Gasteiger partial charge in [0.1, 0.15) is 6.61 Å². The summed E-state index contributed by atoms with van der Waals surface area (Å²) in [5, 5.41) is 16.2. The summed E-state index contributed by atoms with van der Waals surface area (Å²) in [5.74, 6) is -0.0782. The minimum Gasteiger partial charge on any atom is -0.482 e. The summed E-state index contributed by atoms with van der Waals surface area (Å²) in [6, 6.07) is 22.5. The largest absolute Gasteiger partial charge is 0.482 e. The number of nitro groups is 1. The lowest BCUT2D eigenvalue weighted by molar-refractivity contribution is -0.385. The fourth-order valence-corrected chi connectivity index (χ4v) is 4.10. The van der Waals surface area contributed by atoms with Crippen LogP contribution in [0.1, 0.15) is 22.3 Å². The summed E-state index contributed by atoms with van der Waals surface area (Å²) in [6.07, 6.45) is -3.41. The van der Waals surface area contributed by atoms with Crippen LogP contribution in [-0.4, -0.2) is 20.8 Å². The van der Waals surface area contributed by atoms with Crippen molar-refractivity contribution >= 4 is 22.8 Å². The summed E-state index contributed by atoms with van der Waals surface area (Å²) in [6.45, 7) is 2.06. The molecule has 11 heteroatoms. The van der Waals surface area contributed by atoms with E-state index in [0.717, 1.165) is 27.9 Å². The maximum Gasteiger partial charge on any atom is 0.416 e. The van der Waals surface area contributed by atoms with Crippen LogP contribution in [0.3, 0.4) is 0 Å². The van der Waals surface area contributed by atoms with Gasteiger partial charge in [0.25, 0.3) is 5.56 Å². The number of aromatic nitrogens is 2. The molecule has 0 unspecified atom stereocenters. The van der Waals surface area contributed by atoms with E-state index >= 15 is 0 Å². The summed E-state index contributed by atoms with van der Waals surface area (Å²) < 4.78 is 46.8. The molecule has 0 aliphatic carbocycles. The van der Waals surface area contributed by atoms with Crippen LogP contribution in [-0.2, 0) is 12.8 Å². The van der Waals surface area contributed by atoms with E-state index < -0.39 is 22.2 Å². The molecule has 0 aliphatic rings. The van der Waals surface area contributed by atoms with Gasteiger partial charge in [-0.3, -0.25) is 14.9 Å². The number of ether oxygens (including phenoxy) is 1. The summed E-state index contributed by atoms with van der Waals surface area (Å²) >= 11 is 0. The van der Waals surface area contributed by atoms with Crippen LogP contribution in [0.25, 0.3) is 22.3 Å². The number of halogens is 3. The van der Waals surface area contributed by atoms with Crippen molar-refractivity contribution in [3.63, 3.8) is 0 Å². The molecule has 41 heavy (non-hydrogen) atoms. The van der Waals surface area contributed by atoms with Crippen molar-refractivity contribution in [2.75, 3.05) is 0 Å². The number of hydrogen-bond donors (Lipinski definition) is 0. The van der Waals surface area contributed by atoms with Gasteiger partial charge in [0.05, 0.1) is 27.6 Å². The molecule has 1 aromatic heterocycles. The van der Waals surface area contributed by atoms with Crippen LogP contribution in [0.15, 0.2) is 101 Å². The fraction of sp³-hybridized carbons (Fsp3) is 0.100. The third-order valence-electron chi connectivity index (χ3n) is 6.22. The van der Waals surface area contributed by atoms with Gasteiger partial charge in [-0.2, -0.15) is 22.9 Å². The lowest BCUT2D eigenvalue weighted by Crippen LogP contribution is -2.20. The van der Waals surface area contributed by atoms with Crippen molar-refractivity contribution < 1.29 is 22.8 Å². The average molecular weight is 559 g/mol. The Hall–Kier alpha value is -5.32. The van der Waals surface area contributed by atoms with Gasteiger partial charge in [-0.15, -0.1) is 0 Å². The minimum absolute atomic E-state index is 0.0191. The van der Waals surface area contributed by atoms with Gasteiger partial charge in [-0.25, -0.2) is 4.98 Å². The molecule has 0 aliphatic heterocycles. The van der Waals surface area contributed by atoms with Crippen LogP contribution in [0.2, 0.25) is 0 Å². The highest BCUT2D eigenvalue weighted by Gasteiger charge is 2.31. The molecule has 206 valence electrons. The van der Waals surface area contributed by atoms with Crippen molar-refractivity contribution in [1.82, 2.24) is 9.66 Å². The highest BCUT2D eigenvalue weighted by atomic mass is 19.4. The molecule has 4 aromatic carbocycles. The van der Waals surface area contributed by atoms with Crippen molar-refractivity contribution in [2.45, 2.75) is 19.7 Å². The molecule has 0 spiro atoms. The number of fused-ring (bicyclic) bond motifs is 1. The topological polar surface area (TPSA) is 99.6 Å². The van der Waals surface area contributed by atoms with Gasteiger partial charge in [-0.05, 0) is 48.9 Å². The van der Waals surface area contributed by atoms with Gasteiger partial charge in [-0.1, -0.05) is 54.1 Å². The van der Waals surface area contributed by atoms with Crippen molar-refractivity contribution in [1.29, 1.82) is 0 Å². The maximum atomic E-state index is 13.4. The summed E-state index contributed by atoms with van der Waals surface area (Å²) in [5.41, 5.74) is 0.614. The Morgan fingerprint density at radius 1 is 1.00 bits per heavy atom. The zero-order chi connectivity index (χ0) is 29.1. The number of benzene rings is 4. The number of nitrogens with zero attached hydrogens (tertiary/aromatic N) is 4. The third-order valence-corrected chi connectivity index (χ3v) is 6.22. The third kappa shape index (κ3) is 5.98. The second kappa shape index (κ2) is 11.0. The Morgan fingerprint density at radius 3 is 2.49 bits per heavy atom. The number of para-hydroxylation sites is 1. The second-order valence-corrected chi connectivity index (χ2v) is 9.15. The first-order chi connectivity index (χ1) is 19.6. The molecule has 0 N–H and O–H groups in total. The number of aryl methyl sites for hydroxylation is 1. The fourth-order valence-electron chi connectivity index (χ4n) is 4.10. The Labute approximate surface area is 231 Å². The van der Waals surface area contributed by atoms with Gasteiger partial charge >= 0.3 is 11.9 Å². The van der Waals surface area contributed by atoms with Gasteiger partial charge in [0.15, 0.2) is 11.6 Å². The summed E-state index contributed by atoms with van der Waals surface area (Å²) in [7, 11) is 0. The molecule has 5 aromatic rings. The molecule has 0 bridgehead atoms. The van der Waals surface area contributed by atoms with E-state index in [1.54, 1.807) is 18.2 Å². The normalized spacial score (nSPS) is 11.7. The average Bonchev–Trinajstić information content (AvgIpc) is 2.96. The quantitative estimate of drug-likeness (QED) is 0.125. The van der Waals surface area contributed by atoms with E-state index in [1.807, 2.05) is 31.2 Å². The molecule has 1 heterocycles. The predicted molar refractivity (Wildman–Crippen MR) is 148 cm³/mol. The molecular weight excluding hydrogens is 537 g/mol. The van der Waals surface area contributed by atoms with E-state index in [-0.39, 0.29) is 45.9 Å². The smallest absolute Gasteiger partial charge is 0.416 e. The standard InChI is InChI=1S/C30H21F3N4O4/c1-19-9-11-20(12-10-19)18-41-27-14-13-21(15-26(27)37(39)40)17-34-36-28(22-5-4-6-23(16-22)30(31,32)33)35-25-8-3-2-7-24(25)29(36)38/h2-17H,18H2,1H3. The Morgan fingerprint density at radius 2 is 1.76 bits per heavy atom. The highest BCUT2D eigenvalue weighted by Crippen LogP contribution is 2.32. The Kier molecular flexibility index (Phi) is 7.34. The number of alkyl halides is 3. The SMILES string of the molecule is Cc1ccc(COc2ccc(C=Nn3c(-c4cccc(C(F)(F)F)c4)nc4ccccc4c3=O)cc2[N+](=O)[O-])cc1. The molecule has 0 amide bonds. The van der Waals surface area contributed by atoms with Gasteiger partial charge in [0, 0.05) is 17.2 Å². The van der Waals surface area contributed by atoms with Crippen LogP contribution in [0.4, 0.5) is 18.9 Å². The second-order valence-electron chi connectivity index (χ2n) is 9.15. The number of nitro benzene ring substituents is 1.